The second kappa shape index (κ2) is 6.99. The van der Waals surface area contributed by atoms with Gasteiger partial charge in [0.1, 0.15) is 5.60 Å². The first-order chi connectivity index (χ1) is 9.83. The summed E-state index contributed by atoms with van der Waals surface area (Å²) < 4.78 is 5.43. The first-order valence-electron chi connectivity index (χ1n) is 8.55. The molecule has 1 aliphatic heterocycles. The highest BCUT2D eigenvalue weighted by molar-refractivity contribution is 5.68. The van der Waals surface area contributed by atoms with Crippen LogP contribution in [0.3, 0.4) is 0 Å². The Labute approximate surface area is 129 Å². The van der Waals surface area contributed by atoms with Gasteiger partial charge in [0.2, 0.25) is 0 Å². The normalized spacial score (nSPS) is 27.9. The van der Waals surface area contributed by atoms with E-state index in [0.29, 0.717) is 6.04 Å². The first kappa shape index (κ1) is 16.6. The summed E-state index contributed by atoms with van der Waals surface area (Å²) >= 11 is 0. The molecule has 21 heavy (non-hydrogen) atoms. The number of hydrogen-bond donors (Lipinski definition) is 1. The van der Waals surface area contributed by atoms with Gasteiger partial charge in [-0.25, -0.2) is 4.79 Å². The van der Waals surface area contributed by atoms with Gasteiger partial charge in [0.15, 0.2) is 0 Å². The Morgan fingerprint density at radius 2 is 1.86 bits per heavy atom. The minimum absolute atomic E-state index is 0.162. The molecule has 2 unspecified atom stereocenters. The van der Waals surface area contributed by atoms with Gasteiger partial charge in [-0.1, -0.05) is 13.3 Å². The van der Waals surface area contributed by atoms with Gasteiger partial charge in [-0.2, -0.15) is 0 Å². The lowest BCUT2D eigenvalue weighted by Gasteiger charge is -2.34. The van der Waals surface area contributed by atoms with Crippen molar-refractivity contribution in [2.75, 3.05) is 19.6 Å². The van der Waals surface area contributed by atoms with Crippen molar-refractivity contribution < 1.29 is 9.53 Å². The number of carbonyl (C=O) groups is 1. The van der Waals surface area contributed by atoms with Crippen LogP contribution in [-0.2, 0) is 4.74 Å². The van der Waals surface area contributed by atoms with Gasteiger partial charge < -0.3 is 15.0 Å². The second-order valence-electron chi connectivity index (χ2n) is 7.93. The maximum absolute atomic E-state index is 12.0. The number of nitrogens with zero attached hydrogens (tertiary/aromatic N) is 1. The number of carbonyl (C=O) groups excluding carboxylic acids is 1. The Morgan fingerprint density at radius 3 is 2.38 bits per heavy atom. The zero-order chi connectivity index (χ0) is 15.5. The summed E-state index contributed by atoms with van der Waals surface area (Å²) in [5.74, 6) is 1.77. The van der Waals surface area contributed by atoms with E-state index in [1.54, 1.807) is 0 Å². The average Bonchev–Trinajstić information content (AvgIpc) is 2.81. The molecule has 0 spiro atoms. The molecule has 2 atom stereocenters. The van der Waals surface area contributed by atoms with Gasteiger partial charge in [0.05, 0.1) is 0 Å². The predicted octanol–water partition coefficient (Wildman–Crippen LogP) is 3.41. The summed E-state index contributed by atoms with van der Waals surface area (Å²) in [6.07, 6.45) is 6.08. The standard InChI is InChI=1S/C17H32N2O2/c1-13-5-6-14(11-13)12-18-15-7-9-19(10-8-15)16(20)21-17(2,3)4/h13-15,18H,5-12H2,1-4H3. The summed E-state index contributed by atoms with van der Waals surface area (Å²) in [7, 11) is 0. The van der Waals surface area contributed by atoms with Crippen molar-refractivity contribution >= 4 is 6.09 Å². The number of amides is 1. The monoisotopic (exact) mass is 296 g/mol. The number of nitrogens with one attached hydrogen (secondary N) is 1. The molecule has 0 aromatic carbocycles. The molecule has 0 aromatic rings. The summed E-state index contributed by atoms with van der Waals surface area (Å²) in [4.78, 5) is 13.9. The highest BCUT2D eigenvalue weighted by Crippen LogP contribution is 2.29. The highest BCUT2D eigenvalue weighted by Gasteiger charge is 2.27. The van der Waals surface area contributed by atoms with E-state index in [1.165, 1.54) is 19.3 Å². The molecule has 1 N–H and O–H groups in total. The fourth-order valence-electron chi connectivity index (χ4n) is 3.44. The molecule has 4 heteroatoms. The Balaban J connectivity index is 1.65. The smallest absolute Gasteiger partial charge is 0.410 e. The minimum Gasteiger partial charge on any atom is -0.444 e. The van der Waals surface area contributed by atoms with Gasteiger partial charge in [-0.3, -0.25) is 0 Å². The molecule has 2 fully saturated rings. The highest BCUT2D eigenvalue weighted by atomic mass is 16.6. The number of rotatable bonds is 3. The van der Waals surface area contributed by atoms with Crippen molar-refractivity contribution in [2.24, 2.45) is 11.8 Å². The molecule has 1 heterocycles. The lowest BCUT2D eigenvalue weighted by Crippen LogP contribution is -2.47. The average molecular weight is 296 g/mol. The van der Waals surface area contributed by atoms with Gasteiger partial charge in [0, 0.05) is 19.1 Å². The van der Waals surface area contributed by atoms with E-state index in [-0.39, 0.29) is 6.09 Å². The molecular formula is C17H32N2O2. The molecule has 2 rings (SSSR count). The topological polar surface area (TPSA) is 41.6 Å². The SMILES string of the molecule is CC1CCC(CNC2CCN(C(=O)OC(C)(C)C)CC2)C1. The van der Waals surface area contributed by atoms with Crippen LogP contribution in [0.5, 0.6) is 0 Å². The lowest BCUT2D eigenvalue weighted by atomic mass is 10.0. The summed E-state index contributed by atoms with van der Waals surface area (Å²) in [6.45, 7) is 10.9. The van der Waals surface area contributed by atoms with Gasteiger partial charge in [-0.05, 0) is 64.8 Å². The molecule has 1 saturated heterocycles. The molecule has 1 amide bonds. The third-order valence-electron chi connectivity index (χ3n) is 4.65. The number of ether oxygens (including phenoxy) is 1. The van der Waals surface area contributed by atoms with E-state index < -0.39 is 5.60 Å². The maximum Gasteiger partial charge on any atom is 0.410 e. The largest absolute Gasteiger partial charge is 0.444 e. The van der Waals surface area contributed by atoms with E-state index in [9.17, 15) is 4.79 Å². The number of hydrogen-bond acceptors (Lipinski definition) is 3. The van der Waals surface area contributed by atoms with Gasteiger partial charge >= 0.3 is 6.09 Å². The molecule has 1 saturated carbocycles. The summed E-state index contributed by atoms with van der Waals surface area (Å²) in [5, 5.41) is 3.71. The molecule has 1 aliphatic carbocycles. The van der Waals surface area contributed by atoms with Crippen LogP contribution in [0.25, 0.3) is 0 Å². The second-order valence-corrected chi connectivity index (χ2v) is 7.93. The first-order valence-corrected chi connectivity index (χ1v) is 8.55. The van der Waals surface area contributed by atoms with E-state index in [2.05, 4.69) is 12.2 Å². The van der Waals surface area contributed by atoms with E-state index in [4.69, 9.17) is 4.74 Å². The third kappa shape index (κ3) is 5.50. The summed E-state index contributed by atoms with van der Waals surface area (Å²) in [5.41, 5.74) is -0.397. The van der Waals surface area contributed by atoms with Crippen molar-refractivity contribution in [3.05, 3.63) is 0 Å². The Kier molecular flexibility index (Phi) is 5.53. The van der Waals surface area contributed by atoms with Crippen molar-refractivity contribution in [2.45, 2.75) is 71.4 Å². The molecule has 0 bridgehead atoms. The summed E-state index contributed by atoms with van der Waals surface area (Å²) in [6, 6.07) is 0.569. The molecule has 4 nitrogen and oxygen atoms in total. The fraction of sp³-hybridized carbons (Fsp3) is 0.941. The lowest BCUT2D eigenvalue weighted by molar-refractivity contribution is 0.0197. The minimum atomic E-state index is -0.397. The quantitative estimate of drug-likeness (QED) is 0.867. The van der Waals surface area contributed by atoms with Crippen molar-refractivity contribution in [3.8, 4) is 0 Å². The molecule has 0 radical (unpaired) electrons. The molecular weight excluding hydrogens is 264 g/mol. The van der Waals surface area contributed by atoms with Crippen LogP contribution < -0.4 is 5.32 Å². The molecule has 122 valence electrons. The van der Waals surface area contributed by atoms with E-state index in [1.807, 2.05) is 25.7 Å². The van der Waals surface area contributed by atoms with Crippen LogP contribution in [0.1, 0.15) is 59.8 Å². The van der Waals surface area contributed by atoms with Crippen LogP contribution in [-0.4, -0.2) is 42.3 Å². The van der Waals surface area contributed by atoms with E-state index >= 15 is 0 Å². The predicted molar refractivity (Wildman–Crippen MR) is 85.3 cm³/mol. The van der Waals surface area contributed by atoms with Gasteiger partial charge in [0.25, 0.3) is 0 Å². The Morgan fingerprint density at radius 1 is 1.19 bits per heavy atom. The van der Waals surface area contributed by atoms with Crippen LogP contribution in [0.4, 0.5) is 4.79 Å². The van der Waals surface area contributed by atoms with Crippen LogP contribution in [0.15, 0.2) is 0 Å². The molecule has 0 aromatic heterocycles. The van der Waals surface area contributed by atoms with Crippen LogP contribution >= 0.6 is 0 Å². The fourth-order valence-corrected chi connectivity index (χ4v) is 3.44. The van der Waals surface area contributed by atoms with Crippen molar-refractivity contribution in [1.29, 1.82) is 0 Å². The zero-order valence-electron chi connectivity index (χ0n) is 14.2. The number of likely N-dealkylation sites (tertiary alicyclic amines) is 1. The van der Waals surface area contributed by atoms with Crippen molar-refractivity contribution in [3.63, 3.8) is 0 Å². The van der Waals surface area contributed by atoms with Crippen LogP contribution in [0.2, 0.25) is 0 Å². The maximum atomic E-state index is 12.0. The zero-order valence-corrected chi connectivity index (χ0v) is 14.2. The Bertz CT molecular complexity index is 343. The van der Waals surface area contributed by atoms with Crippen LogP contribution in [0, 0.1) is 11.8 Å². The Hall–Kier alpha value is -0.770. The van der Waals surface area contributed by atoms with E-state index in [0.717, 1.165) is 44.3 Å². The third-order valence-corrected chi connectivity index (χ3v) is 4.65. The van der Waals surface area contributed by atoms with Crippen molar-refractivity contribution in [1.82, 2.24) is 10.2 Å². The number of piperidine rings is 1. The molecule has 2 aliphatic rings. The van der Waals surface area contributed by atoms with Gasteiger partial charge in [-0.15, -0.1) is 0 Å².